The summed E-state index contributed by atoms with van der Waals surface area (Å²) >= 11 is 0. The average Bonchev–Trinajstić information content (AvgIpc) is 2.16. The fourth-order valence-corrected chi connectivity index (χ4v) is 1.82. The van der Waals surface area contributed by atoms with Crippen molar-refractivity contribution in [3.05, 3.63) is 23.3 Å². The Morgan fingerprint density at radius 3 is 1.87 bits per heavy atom. The van der Waals surface area contributed by atoms with Gasteiger partial charge in [-0.05, 0) is 35.1 Å². The van der Waals surface area contributed by atoms with Gasteiger partial charge in [0.1, 0.15) is 5.75 Å². The largest absolute Gasteiger partial charge is 0.506 e. The van der Waals surface area contributed by atoms with Crippen LogP contribution in [0.4, 0.5) is 5.69 Å². The summed E-state index contributed by atoms with van der Waals surface area (Å²) in [6.45, 7) is 8.66. The summed E-state index contributed by atoms with van der Waals surface area (Å²) in [6, 6.07) is 3.93. The Balaban J connectivity index is 3.32. The molecule has 0 spiro atoms. The average molecular weight is 207 g/mol. The van der Waals surface area contributed by atoms with Crippen LogP contribution in [0, 0.1) is 0 Å². The zero-order valence-electron chi connectivity index (χ0n) is 10.3. The van der Waals surface area contributed by atoms with Crippen molar-refractivity contribution in [1.29, 1.82) is 0 Å². The first-order valence-corrected chi connectivity index (χ1v) is 5.52. The molecule has 0 atom stereocenters. The number of phenolic OH excluding ortho intramolecular Hbond substituents is 1. The molecule has 0 heterocycles. The van der Waals surface area contributed by atoms with E-state index >= 15 is 0 Å². The molecule has 2 N–H and O–H groups in total. The summed E-state index contributed by atoms with van der Waals surface area (Å²) in [5.41, 5.74) is 3.36. The van der Waals surface area contributed by atoms with Crippen LogP contribution >= 0.6 is 0 Å². The van der Waals surface area contributed by atoms with Crippen molar-refractivity contribution in [2.45, 2.75) is 39.5 Å². The molecule has 0 aliphatic carbocycles. The van der Waals surface area contributed by atoms with Gasteiger partial charge in [-0.1, -0.05) is 27.7 Å². The number of hydrogen-bond acceptors (Lipinski definition) is 2. The molecule has 0 unspecified atom stereocenters. The van der Waals surface area contributed by atoms with Gasteiger partial charge in [-0.25, -0.2) is 0 Å². The molecule has 0 saturated carbocycles. The van der Waals surface area contributed by atoms with Crippen LogP contribution < -0.4 is 5.32 Å². The molecule has 0 fully saturated rings. The quantitative estimate of drug-likeness (QED) is 0.741. The van der Waals surface area contributed by atoms with E-state index in [1.54, 1.807) is 0 Å². The van der Waals surface area contributed by atoms with Crippen LogP contribution in [0.1, 0.15) is 50.7 Å². The third kappa shape index (κ3) is 2.44. The van der Waals surface area contributed by atoms with Crippen LogP contribution in [-0.2, 0) is 0 Å². The van der Waals surface area contributed by atoms with Crippen molar-refractivity contribution in [2.24, 2.45) is 0 Å². The molecule has 0 aliphatic heterocycles. The molecule has 0 bridgehead atoms. The number of nitrogens with one attached hydrogen (secondary N) is 1. The number of phenols is 1. The highest BCUT2D eigenvalue weighted by Crippen LogP contribution is 2.34. The predicted octanol–water partition coefficient (Wildman–Crippen LogP) is 3.68. The SMILES string of the molecule is CNc1cc(C(C)C)c(C(C)C)cc1O. The molecule has 2 nitrogen and oxygen atoms in total. The lowest BCUT2D eigenvalue weighted by atomic mass is 9.90. The first kappa shape index (κ1) is 11.9. The van der Waals surface area contributed by atoms with Crippen molar-refractivity contribution < 1.29 is 5.11 Å². The summed E-state index contributed by atoms with van der Waals surface area (Å²) in [5, 5.41) is 12.8. The van der Waals surface area contributed by atoms with Crippen LogP contribution in [0.15, 0.2) is 12.1 Å². The Bertz CT molecular complexity index is 343. The van der Waals surface area contributed by atoms with Gasteiger partial charge in [0.15, 0.2) is 0 Å². The van der Waals surface area contributed by atoms with Gasteiger partial charge in [0.05, 0.1) is 5.69 Å². The van der Waals surface area contributed by atoms with E-state index in [-0.39, 0.29) is 0 Å². The Labute approximate surface area is 92.3 Å². The summed E-state index contributed by atoms with van der Waals surface area (Å²) in [5.74, 6) is 1.26. The topological polar surface area (TPSA) is 32.3 Å². The first-order chi connectivity index (χ1) is 6.97. The van der Waals surface area contributed by atoms with Crippen molar-refractivity contribution in [3.63, 3.8) is 0 Å². The maximum atomic E-state index is 9.78. The van der Waals surface area contributed by atoms with Gasteiger partial charge in [0.25, 0.3) is 0 Å². The molecule has 1 aromatic rings. The minimum absolute atomic E-state index is 0.339. The second-order valence-corrected chi connectivity index (χ2v) is 4.56. The molecule has 2 heteroatoms. The van der Waals surface area contributed by atoms with Crippen LogP contribution in [0.25, 0.3) is 0 Å². The molecule has 84 valence electrons. The monoisotopic (exact) mass is 207 g/mol. The molecule has 1 rings (SSSR count). The highest BCUT2D eigenvalue weighted by Gasteiger charge is 2.13. The van der Waals surface area contributed by atoms with Gasteiger partial charge in [-0.2, -0.15) is 0 Å². The van der Waals surface area contributed by atoms with Crippen molar-refractivity contribution in [3.8, 4) is 5.75 Å². The smallest absolute Gasteiger partial charge is 0.138 e. The Morgan fingerprint density at radius 2 is 1.47 bits per heavy atom. The van der Waals surface area contributed by atoms with E-state index < -0.39 is 0 Å². The fourth-order valence-electron chi connectivity index (χ4n) is 1.82. The zero-order chi connectivity index (χ0) is 11.6. The Kier molecular flexibility index (Phi) is 3.61. The Hall–Kier alpha value is -1.18. The molecule has 0 saturated heterocycles. The third-order valence-corrected chi connectivity index (χ3v) is 2.71. The number of aromatic hydroxyl groups is 1. The molecule has 0 amide bonds. The minimum Gasteiger partial charge on any atom is -0.506 e. The lowest BCUT2D eigenvalue weighted by Crippen LogP contribution is -2.01. The minimum atomic E-state index is 0.339. The van der Waals surface area contributed by atoms with Crippen LogP contribution in [-0.4, -0.2) is 12.2 Å². The lowest BCUT2D eigenvalue weighted by molar-refractivity contribution is 0.476. The highest BCUT2D eigenvalue weighted by molar-refractivity contribution is 5.60. The number of hydrogen-bond donors (Lipinski definition) is 2. The van der Waals surface area contributed by atoms with Gasteiger partial charge >= 0.3 is 0 Å². The zero-order valence-corrected chi connectivity index (χ0v) is 10.3. The Morgan fingerprint density at radius 1 is 1.00 bits per heavy atom. The normalized spacial score (nSPS) is 11.1. The second-order valence-electron chi connectivity index (χ2n) is 4.56. The van der Waals surface area contributed by atoms with Crippen LogP contribution in [0.5, 0.6) is 5.75 Å². The van der Waals surface area contributed by atoms with Crippen LogP contribution in [0.2, 0.25) is 0 Å². The van der Waals surface area contributed by atoms with Crippen molar-refractivity contribution >= 4 is 5.69 Å². The maximum Gasteiger partial charge on any atom is 0.138 e. The van der Waals surface area contributed by atoms with Gasteiger partial charge in [-0.3, -0.25) is 0 Å². The molecule has 15 heavy (non-hydrogen) atoms. The lowest BCUT2D eigenvalue weighted by Gasteiger charge is -2.18. The van der Waals surface area contributed by atoms with Gasteiger partial charge in [-0.15, -0.1) is 0 Å². The highest BCUT2D eigenvalue weighted by atomic mass is 16.3. The van der Waals surface area contributed by atoms with E-state index in [9.17, 15) is 5.11 Å². The molecular weight excluding hydrogens is 186 g/mol. The summed E-state index contributed by atoms with van der Waals surface area (Å²) in [6.07, 6.45) is 0. The maximum absolute atomic E-state index is 9.78. The molecule has 0 radical (unpaired) electrons. The molecular formula is C13H21NO. The molecule has 1 aromatic carbocycles. The number of anilines is 1. The van der Waals surface area contributed by atoms with E-state index in [1.807, 2.05) is 13.1 Å². The molecule has 0 aliphatic rings. The van der Waals surface area contributed by atoms with E-state index in [1.165, 1.54) is 11.1 Å². The number of rotatable bonds is 3. The van der Waals surface area contributed by atoms with Crippen molar-refractivity contribution in [1.82, 2.24) is 0 Å². The van der Waals surface area contributed by atoms with E-state index in [0.29, 0.717) is 17.6 Å². The third-order valence-electron chi connectivity index (χ3n) is 2.71. The first-order valence-electron chi connectivity index (χ1n) is 5.52. The summed E-state index contributed by atoms with van der Waals surface area (Å²) in [7, 11) is 1.83. The van der Waals surface area contributed by atoms with E-state index in [0.717, 1.165) is 5.69 Å². The van der Waals surface area contributed by atoms with Crippen molar-refractivity contribution in [2.75, 3.05) is 12.4 Å². The standard InChI is InChI=1S/C13H21NO/c1-8(2)10-6-12(14-5)13(15)7-11(10)9(3)4/h6-9,14-15H,1-5H3. The fraction of sp³-hybridized carbons (Fsp3) is 0.538. The van der Waals surface area contributed by atoms with E-state index in [2.05, 4.69) is 39.1 Å². The van der Waals surface area contributed by atoms with Gasteiger partial charge < -0.3 is 10.4 Å². The number of benzene rings is 1. The van der Waals surface area contributed by atoms with Crippen LogP contribution in [0.3, 0.4) is 0 Å². The van der Waals surface area contributed by atoms with Gasteiger partial charge in [0.2, 0.25) is 0 Å². The predicted molar refractivity (Wildman–Crippen MR) is 65.8 cm³/mol. The second kappa shape index (κ2) is 4.56. The molecule has 0 aromatic heterocycles. The summed E-state index contributed by atoms with van der Waals surface area (Å²) < 4.78 is 0. The van der Waals surface area contributed by atoms with E-state index in [4.69, 9.17) is 0 Å². The van der Waals surface area contributed by atoms with Gasteiger partial charge in [0, 0.05) is 7.05 Å². The summed E-state index contributed by atoms with van der Waals surface area (Å²) in [4.78, 5) is 0.